The lowest BCUT2D eigenvalue weighted by molar-refractivity contribution is 1.18. The summed E-state index contributed by atoms with van der Waals surface area (Å²) in [6, 6.07) is 50.5. The lowest BCUT2D eigenvalue weighted by Crippen LogP contribution is -1.94. The predicted molar refractivity (Wildman–Crippen MR) is 176 cm³/mol. The topological polar surface area (TPSA) is 22.8 Å². The second kappa shape index (κ2) is 8.92. The van der Waals surface area contributed by atoms with E-state index in [0.29, 0.717) is 0 Å². The Labute approximate surface area is 242 Å². The van der Waals surface area contributed by atoms with Gasteiger partial charge < -0.3 is 9.13 Å². The van der Waals surface area contributed by atoms with Crippen LogP contribution in [0.2, 0.25) is 0 Å². The second-order valence-electron chi connectivity index (χ2n) is 10.9. The number of hydrogen-bond acceptors (Lipinski definition) is 1. The standard InChI is InChI=1S/C39H25N3/c1-2-10-30(11-3-1)41-36-14-6-4-12-32(36)34-21-28-22-35-33-13-5-7-15-37(33)42(39(35)24-29(28)23-38(34)41)31-18-16-26(17-19-31)27-9-8-20-40-25-27/h1-25H. The smallest absolute Gasteiger partial charge is 0.0547 e. The van der Waals surface area contributed by atoms with Gasteiger partial charge in [-0.1, -0.05) is 72.8 Å². The minimum atomic E-state index is 1.12. The van der Waals surface area contributed by atoms with Crippen LogP contribution in [0.4, 0.5) is 0 Å². The summed E-state index contributed by atoms with van der Waals surface area (Å²) in [6.07, 6.45) is 3.73. The molecule has 0 amide bonds. The van der Waals surface area contributed by atoms with Crippen LogP contribution in [0.15, 0.2) is 152 Å². The highest BCUT2D eigenvalue weighted by atomic mass is 15.0. The molecule has 3 heteroatoms. The molecule has 6 aromatic carbocycles. The molecule has 0 bridgehead atoms. The van der Waals surface area contributed by atoms with E-state index in [1.54, 1.807) is 0 Å². The Hall–Kier alpha value is -5.67. The van der Waals surface area contributed by atoms with Crippen LogP contribution in [0.3, 0.4) is 0 Å². The van der Waals surface area contributed by atoms with E-state index in [1.807, 2.05) is 18.5 Å². The molecule has 42 heavy (non-hydrogen) atoms. The van der Waals surface area contributed by atoms with Crippen LogP contribution in [-0.2, 0) is 0 Å². The van der Waals surface area contributed by atoms with E-state index in [-0.39, 0.29) is 0 Å². The molecule has 3 heterocycles. The molecule has 0 aliphatic carbocycles. The normalized spacial score (nSPS) is 11.8. The van der Waals surface area contributed by atoms with Crippen LogP contribution in [0.1, 0.15) is 0 Å². The second-order valence-corrected chi connectivity index (χ2v) is 10.9. The van der Waals surface area contributed by atoms with E-state index in [4.69, 9.17) is 0 Å². The van der Waals surface area contributed by atoms with Crippen molar-refractivity contribution in [2.24, 2.45) is 0 Å². The predicted octanol–water partition coefficient (Wildman–Crippen LogP) is 10.1. The van der Waals surface area contributed by atoms with E-state index in [1.165, 1.54) is 60.1 Å². The quantitative estimate of drug-likeness (QED) is 0.221. The van der Waals surface area contributed by atoms with Gasteiger partial charge in [0.2, 0.25) is 0 Å². The maximum atomic E-state index is 4.30. The van der Waals surface area contributed by atoms with Gasteiger partial charge in [-0.3, -0.25) is 4.98 Å². The zero-order valence-corrected chi connectivity index (χ0v) is 22.8. The molecule has 0 N–H and O–H groups in total. The Morgan fingerprint density at radius 2 is 0.929 bits per heavy atom. The summed E-state index contributed by atoms with van der Waals surface area (Å²) < 4.78 is 4.79. The third-order valence-corrected chi connectivity index (χ3v) is 8.56. The van der Waals surface area contributed by atoms with Crippen molar-refractivity contribution in [2.75, 3.05) is 0 Å². The first kappa shape index (κ1) is 23.1. The fourth-order valence-corrected chi connectivity index (χ4v) is 6.65. The monoisotopic (exact) mass is 535 g/mol. The molecule has 3 aromatic heterocycles. The highest BCUT2D eigenvalue weighted by molar-refractivity contribution is 6.18. The third kappa shape index (κ3) is 3.37. The minimum Gasteiger partial charge on any atom is -0.309 e. The molecule has 3 nitrogen and oxygen atoms in total. The average molecular weight is 536 g/mol. The summed E-state index contributed by atoms with van der Waals surface area (Å²) in [5, 5.41) is 7.55. The molecule has 0 saturated carbocycles. The number of benzene rings is 6. The van der Waals surface area contributed by atoms with Crippen LogP contribution >= 0.6 is 0 Å². The largest absolute Gasteiger partial charge is 0.309 e. The van der Waals surface area contributed by atoms with Crippen LogP contribution < -0.4 is 0 Å². The molecule has 0 radical (unpaired) electrons. The lowest BCUT2D eigenvalue weighted by atomic mass is 10.0. The summed E-state index contributed by atoms with van der Waals surface area (Å²) in [5.41, 5.74) is 9.46. The molecule has 9 aromatic rings. The van der Waals surface area contributed by atoms with Gasteiger partial charge >= 0.3 is 0 Å². The summed E-state index contributed by atoms with van der Waals surface area (Å²) in [7, 11) is 0. The zero-order chi connectivity index (χ0) is 27.6. The van der Waals surface area contributed by atoms with E-state index in [9.17, 15) is 0 Å². The molecule has 196 valence electrons. The molecule has 0 aliphatic heterocycles. The van der Waals surface area contributed by atoms with Crippen molar-refractivity contribution in [1.29, 1.82) is 0 Å². The Kier molecular flexibility index (Phi) is 4.90. The lowest BCUT2D eigenvalue weighted by Gasteiger charge is -2.11. The zero-order valence-electron chi connectivity index (χ0n) is 22.8. The van der Waals surface area contributed by atoms with Gasteiger partial charge in [0.1, 0.15) is 0 Å². The number of para-hydroxylation sites is 3. The molecular formula is C39H25N3. The van der Waals surface area contributed by atoms with Crippen molar-refractivity contribution >= 4 is 54.4 Å². The van der Waals surface area contributed by atoms with Crippen LogP contribution in [0.25, 0.3) is 76.9 Å². The van der Waals surface area contributed by atoms with Crippen molar-refractivity contribution in [3.8, 4) is 22.5 Å². The third-order valence-electron chi connectivity index (χ3n) is 8.56. The molecule has 0 spiro atoms. The summed E-state index contributed by atoms with van der Waals surface area (Å²) in [4.78, 5) is 4.30. The van der Waals surface area contributed by atoms with E-state index < -0.39 is 0 Å². The Bertz CT molecular complexity index is 2430. The summed E-state index contributed by atoms with van der Waals surface area (Å²) in [5.74, 6) is 0. The van der Waals surface area contributed by atoms with Crippen molar-refractivity contribution in [3.63, 3.8) is 0 Å². The highest BCUT2D eigenvalue weighted by Gasteiger charge is 2.16. The van der Waals surface area contributed by atoms with E-state index in [0.717, 1.165) is 16.8 Å². The first-order valence-corrected chi connectivity index (χ1v) is 14.3. The Morgan fingerprint density at radius 1 is 0.381 bits per heavy atom. The molecule has 0 saturated heterocycles. The fourth-order valence-electron chi connectivity index (χ4n) is 6.65. The van der Waals surface area contributed by atoms with Gasteiger partial charge in [0.25, 0.3) is 0 Å². The highest BCUT2D eigenvalue weighted by Crippen LogP contribution is 2.39. The SMILES string of the molecule is c1ccc(-n2c3ccccc3c3cc4cc5c6ccccc6n(-c6ccc(-c7cccnc7)cc6)c5cc4cc32)cc1. The van der Waals surface area contributed by atoms with E-state index in [2.05, 4.69) is 148 Å². The average Bonchev–Trinajstić information content (AvgIpc) is 3.55. The van der Waals surface area contributed by atoms with Gasteiger partial charge in [-0.25, -0.2) is 0 Å². The first-order chi connectivity index (χ1) is 20.8. The molecule has 9 rings (SSSR count). The number of nitrogens with zero attached hydrogens (tertiary/aromatic N) is 3. The molecule has 0 fully saturated rings. The number of aromatic nitrogens is 3. The van der Waals surface area contributed by atoms with Gasteiger partial charge in [-0.15, -0.1) is 0 Å². The van der Waals surface area contributed by atoms with Gasteiger partial charge in [0.15, 0.2) is 0 Å². The number of rotatable bonds is 3. The van der Waals surface area contributed by atoms with Crippen molar-refractivity contribution in [3.05, 3.63) is 152 Å². The fraction of sp³-hybridized carbons (Fsp3) is 0. The Balaban J connectivity index is 1.33. The molecule has 0 unspecified atom stereocenters. The first-order valence-electron chi connectivity index (χ1n) is 14.3. The molecule has 0 atom stereocenters. The number of fused-ring (bicyclic) bond motifs is 7. The van der Waals surface area contributed by atoms with Crippen molar-refractivity contribution in [2.45, 2.75) is 0 Å². The maximum Gasteiger partial charge on any atom is 0.0547 e. The minimum absolute atomic E-state index is 1.12. The Morgan fingerprint density at radius 3 is 1.52 bits per heavy atom. The van der Waals surface area contributed by atoms with Crippen molar-refractivity contribution in [1.82, 2.24) is 14.1 Å². The van der Waals surface area contributed by atoms with Crippen LogP contribution in [-0.4, -0.2) is 14.1 Å². The molecule has 0 aliphatic rings. The summed E-state index contributed by atoms with van der Waals surface area (Å²) in [6.45, 7) is 0. The van der Waals surface area contributed by atoms with Gasteiger partial charge in [0, 0.05) is 45.3 Å². The van der Waals surface area contributed by atoms with Gasteiger partial charge in [0.05, 0.1) is 22.1 Å². The number of hydrogen-bond donors (Lipinski definition) is 0. The number of pyridine rings is 1. The summed E-state index contributed by atoms with van der Waals surface area (Å²) >= 11 is 0. The maximum absolute atomic E-state index is 4.30. The molecular weight excluding hydrogens is 510 g/mol. The van der Waals surface area contributed by atoms with Crippen LogP contribution in [0.5, 0.6) is 0 Å². The van der Waals surface area contributed by atoms with Crippen LogP contribution in [0, 0.1) is 0 Å². The van der Waals surface area contributed by atoms with Crippen molar-refractivity contribution < 1.29 is 0 Å². The van der Waals surface area contributed by atoms with Gasteiger partial charge in [-0.05, 0) is 88.6 Å². The van der Waals surface area contributed by atoms with Gasteiger partial charge in [-0.2, -0.15) is 0 Å². The van der Waals surface area contributed by atoms with E-state index >= 15 is 0 Å².